The van der Waals surface area contributed by atoms with Gasteiger partial charge in [-0.2, -0.15) is 0 Å². The summed E-state index contributed by atoms with van der Waals surface area (Å²) in [5.74, 6) is 5.70. The second-order valence-corrected chi connectivity index (χ2v) is 6.48. The number of anilines is 1. The van der Waals surface area contributed by atoms with E-state index in [9.17, 15) is 0 Å². The lowest BCUT2D eigenvalue weighted by Crippen LogP contribution is -2.24. The molecule has 0 fully saturated rings. The van der Waals surface area contributed by atoms with E-state index in [1.165, 1.54) is 21.2 Å². The van der Waals surface area contributed by atoms with Crippen LogP contribution in [-0.2, 0) is 0 Å². The molecule has 0 bridgehead atoms. The number of nitrogens with two attached hydrogens (primary N) is 1. The third kappa shape index (κ3) is 3.24. The van der Waals surface area contributed by atoms with Crippen molar-refractivity contribution in [3.63, 3.8) is 0 Å². The van der Waals surface area contributed by atoms with Crippen LogP contribution in [0.3, 0.4) is 0 Å². The highest BCUT2D eigenvalue weighted by Gasteiger charge is 2.12. The molecule has 0 saturated heterocycles. The van der Waals surface area contributed by atoms with Crippen molar-refractivity contribution in [1.82, 2.24) is 10.2 Å². The Hall–Kier alpha value is -1.89. The van der Waals surface area contributed by atoms with Crippen LogP contribution >= 0.6 is 23.1 Å². The summed E-state index contributed by atoms with van der Waals surface area (Å²) in [6, 6.07) is 18.5. The van der Waals surface area contributed by atoms with Gasteiger partial charge in [-0.25, -0.2) is 5.84 Å². The Morgan fingerprint density at radius 2 is 1.71 bits per heavy atom. The summed E-state index contributed by atoms with van der Waals surface area (Å²) in [5.41, 5.74) is 1.08. The van der Waals surface area contributed by atoms with Gasteiger partial charge in [-0.15, -0.1) is 10.2 Å². The molecule has 6 heteroatoms. The number of rotatable bonds is 4. The molecule has 0 aliphatic rings. The fraction of sp³-hybridized carbons (Fsp3) is 0.0667. The van der Waals surface area contributed by atoms with E-state index in [4.69, 9.17) is 5.84 Å². The summed E-state index contributed by atoms with van der Waals surface area (Å²) in [6.45, 7) is 0. The van der Waals surface area contributed by atoms with Gasteiger partial charge in [0.05, 0.1) is 0 Å². The van der Waals surface area contributed by atoms with Gasteiger partial charge in [0.1, 0.15) is 0 Å². The van der Waals surface area contributed by atoms with Crippen LogP contribution in [0.4, 0.5) is 5.13 Å². The van der Waals surface area contributed by atoms with Gasteiger partial charge in [-0.1, -0.05) is 59.5 Å². The summed E-state index contributed by atoms with van der Waals surface area (Å²) in [6.07, 6.45) is 0. The summed E-state index contributed by atoms with van der Waals surface area (Å²) < 4.78 is 0. The maximum atomic E-state index is 5.70. The number of hydrogen-bond donors (Lipinski definition) is 1. The first-order chi connectivity index (χ1) is 10.2. The molecule has 0 radical (unpaired) electrons. The first-order valence-corrected chi connectivity index (χ1v) is 8.01. The SMILES string of the molecule is CN(N)c1nnc(-c2ccccc2Sc2ccccc2)s1. The number of benzene rings is 2. The Balaban J connectivity index is 1.95. The Bertz CT molecular complexity index is 725. The van der Waals surface area contributed by atoms with Gasteiger partial charge in [0.25, 0.3) is 0 Å². The Morgan fingerprint density at radius 1 is 1.00 bits per heavy atom. The quantitative estimate of drug-likeness (QED) is 0.588. The highest BCUT2D eigenvalue weighted by Crippen LogP contribution is 2.37. The lowest BCUT2D eigenvalue weighted by atomic mass is 10.2. The highest BCUT2D eigenvalue weighted by atomic mass is 32.2. The predicted octanol–water partition coefficient (Wildman–Crippen LogP) is 3.67. The van der Waals surface area contributed by atoms with Crippen molar-refractivity contribution in [2.45, 2.75) is 9.79 Å². The molecule has 3 rings (SSSR count). The van der Waals surface area contributed by atoms with E-state index in [0.29, 0.717) is 5.13 Å². The fourth-order valence-corrected chi connectivity index (χ4v) is 3.62. The van der Waals surface area contributed by atoms with Crippen molar-refractivity contribution >= 4 is 28.2 Å². The molecular weight excluding hydrogens is 300 g/mol. The second kappa shape index (κ2) is 6.26. The molecule has 1 aromatic heterocycles. The van der Waals surface area contributed by atoms with E-state index in [2.05, 4.69) is 34.5 Å². The first-order valence-electron chi connectivity index (χ1n) is 6.38. The van der Waals surface area contributed by atoms with Crippen molar-refractivity contribution in [2.75, 3.05) is 12.1 Å². The van der Waals surface area contributed by atoms with E-state index in [1.807, 2.05) is 30.3 Å². The monoisotopic (exact) mass is 314 g/mol. The molecule has 3 aromatic rings. The Labute approximate surface area is 131 Å². The van der Waals surface area contributed by atoms with Crippen LogP contribution < -0.4 is 10.9 Å². The zero-order valence-electron chi connectivity index (χ0n) is 11.4. The number of hydrogen-bond acceptors (Lipinski definition) is 6. The van der Waals surface area contributed by atoms with Crippen LogP contribution in [-0.4, -0.2) is 17.2 Å². The normalized spacial score (nSPS) is 10.6. The van der Waals surface area contributed by atoms with Gasteiger partial charge in [-0.3, -0.25) is 5.01 Å². The van der Waals surface area contributed by atoms with Crippen LogP contribution in [0, 0.1) is 0 Å². The summed E-state index contributed by atoms with van der Waals surface area (Å²) in [4.78, 5) is 2.36. The van der Waals surface area contributed by atoms with Gasteiger partial charge < -0.3 is 0 Å². The van der Waals surface area contributed by atoms with E-state index in [1.54, 1.807) is 18.8 Å². The molecule has 0 amide bonds. The molecule has 0 spiro atoms. The molecule has 106 valence electrons. The molecular formula is C15H14N4S2. The van der Waals surface area contributed by atoms with E-state index < -0.39 is 0 Å². The smallest absolute Gasteiger partial charge is 0.222 e. The Kier molecular flexibility index (Phi) is 4.19. The molecule has 2 aromatic carbocycles. The molecule has 4 nitrogen and oxygen atoms in total. The number of nitrogens with zero attached hydrogens (tertiary/aromatic N) is 3. The summed E-state index contributed by atoms with van der Waals surface area (Å²) >= 11 is 3.20. The Morgan fingerprint density at radius 3 is 2.43 bits per heavy atom. The van der Waals surface area contributed by atoms with E-state index in [0.717, 1.165) is 15.5 Å². The maximum Gasteiger partial charge on any atom is 0.222 e. The minimum atomic E-state index is 0.699. The van der Waals surface area contributed by atoms with Gasteiger partial charge >= 0.3 is 0 Å². The fourth-order valence-electron chi connectivity index (χ4n) is 1.81. The van der Waals surface area contributed by atoms with Crippen molar-refractivity contribution in [1.29, 1.82) is 0 Å². The van der Waals surface area contributed by atoms with Gasteiger partial charge in [0.15, 0.2) is 5.01 Å². The van der Waals surface area contributed by atoms with E-state index >= 15 is 0 Å². The predicted molar refractivity (Wildman–Crippen MR) is 88.5 cm³/mol. The zero-order chi connectivity index (χ0) is 14.7. The van der Waals surface area contributed by atoms with Crippen LogP contribution in [0.5, 0.6) is 0 Å². The van der Waals surface area contributed by atoms with Crippen LogP contribution in [0.2, 0.25) is 0 Å². The minimum Gasteiger partial charge on any atom is -0.288 e. The van der Waals surface area contributed by atoms with Gasteiger partial charge in [-0.05, 0) is 18.2 Å². The molecule has 0 aliphatic heterocycles. The first kappa shape index (κ1) is 14.1. The average molecular weight is 314 g/mol. The molecule has 0 unspecified atom stereocenters. The van der Waals surface area contributed by atoms with Crippen molar-refractivity contribution in [3.05, 3.63) is 54.6 Å². The standard InChI is InChI=1S/C15H14N4S2/c1-19(16)15-18-17-14(21-15)12-9-5-6-10-13(12)20-11-7-3-2-4-8-11/h2-10H,16H2,1H3. The van der Waals surface area contributed by atoms with Crippen LogP contribution in [0.1, 0.15) is 0 Å². The summed E-state index contributed by atoms with van der Waals surface area (Å²) in [7, 11) is 1.76. The van der Waals surface area contributed by atoms with Gasteiger partial charge in [0, 0.05) is 22.4 Å². The topological polar surface area (TPSA) is 55.0 Å². The van der Waals surface area contributed by atoms with Crippen LogP contribution in [0.25, 0.3) is 10.6 Å². The van der Waals surface area contributed by atoms with Crippen molar-refractivity contribution < 1.29 is 0 Å². The molecule has 2 N–H and O–H groups in total. The lowest BCUT2D eigenvalue weighted by molar-refractivity contribution is 0.960. The highest BCUT2D eigenvalue weighted by molar-refractivity contribution is 7.99. The van der Waals surface area contributed by atoms with Gasteiger partial charge in [0.2, 0.25) is 5.13 Å². The third-order valence-corrected chi connectivity index (χ3v) is 4.94. The average Bonchev–Trinajstić information content (AvgIpc) is 2.99. The minimum absolute atomic E-state index is 0.699. The largest absolute Gasteiger partial charge is 0.288 e. The summed E-state index contributed by atoms with van der Waals surface area (Å²) in [5, 5.41) is 11.4. The second-order valence-electron chi connectivity index (χ2n) is 4.41. The number of aromatic nitrogens is 2. The number of hydrazine groups is 1. The molecule has 0 saturated carbocycles. The van der Waals surface area contributed by atoms with Crippen LogP contribution in [0.15, 0.2) is 64.4 Å². The molecule has 1 heterocycles. The lowest BCUT2D eigenvalue weighted by Gasteiger charge is -2.06. The maximum absolute atomic E-state index is 5.70. The molecule has 0 atom stereocenters. The molecule has 0 aliphatic carbocycles. The third-order valence-electron chi connectivity index (χ3n) is 2.80. The van der Waals surface area contributed by atoms with Crippen molar-refractivity contribution in [2.24, 2.45) is 5.84 Å². The van der Waals surface area contributed by atoms with E-state index in [-0.39, 0.29) is 0 Å². The zero-order valence-corrected chi connectivity index (χ0v) is 13.1. The molecule has 21 heavy (non-hydrogen) atoms. The van der Waals surface area contributed by atoms with Crippen molar-refractivity contribution in [3.8, 4) is 10.6 Å².